The second kappa shape index (κ2) is 14.8. The van der Waals surface area contributed by atoms with Gasteiger partial charge in [0.25, 0.3) is 0 Å². The molecule has 46 heavy (non-hydrogen) atoms. The summed E-state index contributed by atoms with van der Waals surface area (Å²) in [7, 11) is 3.43. The predicted octanol–water partition coefficient (Wildman–Crippen LogP) is 5.72. The zero-order valence-corrected chi connectivity index (χ0v) is 27.6. The summed E-state index contributed by atoms with van der Waals surface area (Å²) in [5.74, 6) is 1.58. The summed E-state index contributed by atoms with van der Waals surface area (Å²) in [5.41, 5.74) is 4.08. The highest BCUT2D eigenvalue weighted by molar-refractivity contribution is 5.72. The number of hydrogen-bond acceptors (Lipinski definition) is 9. The number of piperidine rings is 1. The van der Waals surface area contributed by atoms with Gasteiger partial charge in [0.2, 0.25) is 5.95 Å². The van der Waals surface area contributed by atoms with Crippen molar-refractivity contribution in [1.29, 1.82) is 0 Å². The predicted molar refractivity (Wildman–Crippen MR) is 178 cm³/mol. The third kappa shape index (κ3) is 7.62. The zero-order chi connectivity index (χ0) is 32.0. The number of nitrogens with zero attached hydrogens (tertiary/aromatic N) is 6. The number of methoxy groups -OCH3 is 1. The second-order valence-electron chi connectivity index (χ2n) is 13.3. The summed E-state index contributed by atoms with van der Waals surface area (Å²) in [4.78, 5) is 27.2. The molecule has 0 amide bonds. The fourth-order valence-corrected chi connectivity index (χ4v) is 7.55. The molecule has 0 bridgehead atoms. The Bertz CT molecular complexity index is 1470. The quantitative estimate of drug-likeness (QED) is 0.257. The van der Waals surface area contributed by atoms with Gasteiger partial charge in [0.05, 0.1) is 31.0 Å². The van der Waals surface area contributed by atoms with E-state index in [4.69, 9.17) is 14.7 Å². The van der Waals surface area contributed by atoms with Crippen molar-refractivity contribution in [3.8, 4) is 0 Å². The van der Waals surface area contributed by atoms with E-state index in [-0.39, 0.29) is 29.8 Å². The maximum atomic E-state index is 14.2. The smallest absolute Gasteiger partial charge is 0.308 e. The highest BCUT2D eigenvalue weighted by Crippen LogP contribution is 2.35. The van der Waals surface area contributed by atoms with Crippen LogP contribution < -0.4 is 15.5 Å². The maximum Gasteiger partial charge on any atom is 0.308 e. The van der Waals surface area contributed by atoms with Gasteiger partial charge in [-0.1, -0.05) is 19.4 Å². The summed E-state index contributed by atoms with van der Waals surface area (Å²) in [6.45, 7) is 6.60. The third-order valence-electron chi connectivity index (χ3n) is 10.2. The Balaban J connectivity index is 1.29. The molecule has 10 nitrogen and oxygen atoms in total. The largest absolute Gasteiger partial charge is 0.469 e. The minimum absolute atomic E-state index is 0.0000904. The van der Waals surface area contributed by atoms with Crippen LogP contribution >= 0.6 is 0 Å². The summed E-state index contributed by atoms with van der Waals surface area (Å²) in [6.07, 6.45) is 13.1. The molecule has 0 unspecified atom stereocenters. The average Bonchev–Trinajstić information content (AvgIpc) is 3.53. The van der Waals surface area contributed by atoms with E-state index in [0.717, 1.165) is 93.0 Å². The van der Waals surface area contributed by atoms with Gasteiger partial charge in [0, 0.05) is 62.2 Å². The lowest BCUT2D eigenvalue weighted by atomic mass is 9.78. The number of aryl methyl sites for hydroxylation is 1. The number of carbonyl (C=O) groups excluding carboxylic acids is 1. The Labute approximate surface area is 272 Å². The van der Waals surface area contributed by atoms with E-state index >= 15 is 0 Å². The van der Waals surface area contributed by atoms with Gasteiger partial charge in [-0.25, -0.2) is 9.37 Å². The van der Waals surface area contributed by atoms with Crippen LogP contribution in [0, 0.1) is 17.7 Å². The standard InChI is InChI=1S/C35H49FN8O2/c1-4-30(24-11-13-25(14-12-24)34(45)46-3)39-35-40-31-15-18-44(28-10-8-9-27(36)19-28)22-29(31)33(41-35)38-32(26-20-37-42(2)21-26)23-43-16-6-5-7-17-43/h8-10,19-21,24-25,30,32H,4-7,11-18,22-23H2,1-3H3,(H2,38,39,40,41)/t24?,25?,30-,32+/m1/s1. The molecule has 1 saturated heterocycles. The normalized spacial score (nSPS) is 21.7. The number of benzene rings is 1. The summed E-state index contributed by atoms with van der Waals surface area (Å²) < 4.78 is 21.1. The van der Waals surface area contributed by atoms with Crippen LogP contribution in [-0.4, -0.2) is 69.9 Å². The first kappa shape index (κ1) is 32.2. The summed E-state index contributed by atoms with van der Waals surface area (Å²) >= 11 is 0. The maximum absolute atomic E-state index is 14.2. The highest BCUT2D eigenvalue weighted by Gasteiger charge is 2.32. The van der Waals surface area contributed by atoms with E-state index in [0.29, 0.717) is 18.4 Å². The molecule has 248 valence electrons. The van der Waals surface area contributed by atoms with Gasteiger partial charge in [-0.2, -0.15) is 10.1 Å². The number of halogens is 1. The monoisotopic (exact) mass is 632 g/mol. The van der Waals surface area contributed by atoms with Gasteiger partial charge < -0.3 is 25.2 Å². The van der Waals surface area contributed by atoms with E-state index in [1.807, 2.05) is 24.0 Å². The number of ether oxygens (including phenoxy) is 1. The van der Waals surface area contributed by atoms with Crippen LogP contribution in [0.1, 0.15) is 81.2 Å². The number of anilines is 3. The van der Waals surface area contributed by atoms with Crippen LogP contribution in [-0.2, 0) is 29.5 Å². The molecule has 2 N–H and O–H groups in total. The molecule has 11 heteroatoms. The molecule has 6 rings (SSSR count). The first-order valence-corrected chi connectivity index (χ1v) is 17.1. The van der Waals surface area contributed by atoms with Gasteiger partial charge in [0.15, 0.2) is 0 Å². The van der Waals surface area contributed by atoms with Crippen molar-refractivity contribution >= 4 is 23.4 Å². The van der Waals surface area contributed by atoms with Gasteiger partial charge in [-0.15, -0.1) is 0 Å². The Morgan fingerprint density at radius 2 is 1.89 bits per heavy atom. The van der Waals surface area contributed by atoms with Crippen molar-refractivity contribution in [2.45, 2.75) is 83.3 Å². The number of hydrogen-bond donors (Lipinski definition) is 2. The van der Waals surface area contributed by atoms with Gasteiger partial charge in [-0.3, -0.25) is 9.48 Å². The molecule has 0 radical (unpaired) electrons. The van der Waals surface area contributed by atoms with Crippen LogP contribution in [0.5, 0.6) is 0 Å². The SMILES string of the molecule is CC[C@@H](Nc1nc2c(c(N[C@@H](CN3CCCCC3)c3cnn(C)c3)n1)CN(c1cccc(F)c1)CC2)C1CCC(C(=O)OC)CC1. The van der Waals surface area contributed by atoms with Crippen LogP contribution in [0.15, 0.2) is 36.7 Å². The first-order chi connectivity index (χ1) is 22.4. The number of esters is 1. The van der Waals surface area contributed by atoms with Crippen molar-refractivity contribution in [1.82, 2.24) is 24.6 Å². The lowest BCUT2D eigenvalue weighted by Gasteiger charge is -2.35. The van der Waals surface area contributed by atoms with Gasteiger partial charge >= 0.3 is 5.97 Å². The number of aromatic nitrogens is 4. The molecule has 2 atom stereocenters. The molecule has 2 fully saturated rings. The number of likely N-dealkylation sites (tertiary alicyclic amines) is 1. The lowest BCUT2D eigenvalue weighted by molar-refractivity contribution is -0.146. The number of carbonyl (C=O) groups is 1. The van der Waals surface area contributed by atoms with E-state index in [1.54, 1.807) is 12.1 Å². The van der Waals surface area contributed by atoms with Crippen molar-refractivity contribution in [2.75, 3.05) is 48.8 Å². The molecule has 4 heterocycles. The van der Waals surface area contributed by atoms with Crippen LogP contribution in [0.4, 0.5) is 21.8 Å². The lowest BCUT2D eigenvalue weighted by Crippen LogP contribution is -2.37. The zero-order valence-electron chi connectivity index (χ0n) is 27.6. The average molecular weight is 633 g/mol. The molecular formula is C35H49FN8O2. The molecule has 1 aliphatic carbocycles. The minimum atomic E-state index is -0.234. The Kier molecular flexibility index (Phi) is 10.4. The van der Waals surface area contributed by atoms with E-state index in [1.165, 1.54) is 32.4 Å². The second-order valence-corrected chi connectivity index (χ2v) is 13.3. The molecule has 3 aromatic rings. The van der Waals surface area contributed by atoms with Crippen molar-refractivity contribution < 1.29 is 13.9 Å². The van der Waals surface area contributed by atoms with E-state index < -0.39 is 0 Å². The molecule has 3 aliphatic rings. The summed E-state index contributed by atoms with van der Waals surface area (Å²) in [6, 6.07) is 7.03. The van der Waals surface area contributed by atoms with Crippen LogP contribution in [0.25, 0.3) is 0 Å². The highest BCUT2D eigenvalue weighted by atomic mass is 19.1. The van der Waals surface area contributed by atoms with Gasteiger partial charge in [-0.05, 0) is 82.2 Å². The van der Waals surface area contributed by atoms with Crippen molar-refractivity contribution in [3.05, 3.63) is 59.3 Å². The van der Waals surface area contributed by atoms with Crippen LogP contribution in [0.2, 0.25) is 0 Å². The molecular weight excluding hydrogens is 583 g/mol. The first-order valence-electron chi connectivity index (χ1n) is 17.1. The molecule has 2 aliphatic heterocycles. The fraction of sp³-hybridized carbons (Fsp3) is 0.600. The third-order valence-corrected chi connectivity index (χ3v) is 10.2. The Hall–Kier alpha value is -3.73. The van der Waals surface area contributed by atoms with Crippen LogP contribution in [0.3, 0.4) is 0 Å². The number of rotatable bonds is 11. The Morgan fingerprint density at radius 1 is 1.09 bits per heavy atom. The van der Waals surface area contributed by atoms with E-state index in [9.17, 15) is 9.18 Å². The molecule has 1 aromatic carbocycles. The molecule has 2 aromatic heterocycles. The Morgan fingerprint density at radius 3 is 2.59 bits per heavy atom. The summed E-state index contributed by atoms with van der Waals surface area (Å²) in [5, 5.41) is 12.1. The van der Waals surface area contributed by atoms with E-state index in [2.05, 4.69) is 38.7 Å². The number of nitrogens with one attached hydrogen (secondary N) is 2. The topological polar surface area (TPSA) is 100 Å². The fourth-order valence-electron chi connectivity index (χ4n) is 7.55. The van der Waals surface area contributed by atoms with Crippen molar-refractivity contribution in [2.24, 2.45) is 18.9 Å². The van der Waals surface area contributed by atoms with Gasteiger partial charge in [0.1, 0.15) is 11.6 Å². The number of fused-ring (bicyclic) bond motifs is 1. The molecule has 0 spiro atoms. The van der Waals surface area contributed by atoms with Crippen molar-refractivity contribution in [3.63, 3.8) is 0 Å². The minimum Gasteiger partial charge on any atom is -0.469 e. The molecule has 1 saturated carbocycles.